The van der Waals surface area contributed by atoms with Crippen LogP contribution in [-0.2, 0) is 11.8 Å². The molecule has 2 heteroatoms. The Balaban J connectivity index is 1.93. The highest BCUT2D eigenvalue weighted by molar-refractivity contribution is 5.20. The fourth-order valence-electron chi connectivity index (χ4n) is 3.11. The lowest BCUT2D eigenvalue weighted by atomic mass is 9.75. The minimum atomic E-state index is 0.259. The van der Waals surface area contributed by atoms with Crippen LogP contribution in [0.5, 0.6) is 0 Å². The van der Waals surface area contributed by atoms with Gasteiger partial charge < -0.3 is 4.74 Å². The van der Waals surface area contributed by atoms with Gasteiger partial charge in [0.25, 0.3) is 0 Å². The van der Waals surface area contributed by atoms with Crippen molar-refractivity contribution in [3.8, 4) is 0 Å². The quantitative estimate of drug-likeness (QED) is 0.534. The molecule has 0 N–H and O–H groups in total. The van der Waals surface area contributed by atoms with Gasteiger partial charge in [0.1, 0.15) is 7.05 Å². The number of hydrogen-bond donors (Lipinski definition) is 0. The Morgan fingerprint density at radius 3 is 3.12 bits per heavy atom. The van der Waals surface area contributed by atoms with Crippen molar-refractivity contribution in [1.82, 2.24) is 0 Å². The molecule has 2 heterocycles. The molecule has 3 rings (SSSR count). The molecule has 3 atom stereocenters. The summed E-state index contributed by atoms with van der Waals surface area (Å²) in [4.78, 5) is 0. The minimum absolute atomic E-state index is 0.259. The van der Waals surface area contributed by atoms with E-state index in [1.54, 1.807) is 0 Å². The molecule has 2 aliphatic rings. The average Bonchev–Trinajstić information content (AvgIpc) is 2.34. The topological polar surface area (TPSA) is 13.1 Å². The Labute approximate surface area is 103 Å². The standard InChI is InChI=1S/C15H20NO/c1-11-5-6-12-8-14(11)15(17-10-12)13-4-3-7-16(2)9-13/h3-5,7,9,12,14-15H,6,8,10H2,1-2H3/q+1/t12-,14+,15?/m1/s1. The lowest BCUT2D eigenvalue weighted by Gasteiger charge is -2.39. The first-order valence-electron chi connectivity index (χ1n) is 6.47. The molecule has 0 amide bonds. The SMILES string of the molecule is CC1=CC[C@H]2COC(c3ccc[n+](C)c3)[C@H]1C2. The summed E-state index contributed by atoms with van der Waals surface area (Å²) in [5, 5.41) is 0. The molecular weight excluding hydrogens is 210 g/mol. The molecule has 0 aromatic carbocycles. The number of nitrogens with zero attached hydrogens (tertiary/aromatic N) is 1. The van der Waals surface area contributed by atoms with Crippen LogP contribution in [0.1, 0.15) is 31.4 Å². The molecule has 2 bridgehead atoms. The molecule has 1 unspecified atom stereocenters. The van der Waals surface area contributed by atoms with E-state index in [9.17, 15) is 0 Å². The predicted molar refractivity (Wildman–Crippen MR) is 66.3 cm³/mol. The van der Waals surface area contributed by atoms with Crippen molar-refractivity contribution in [2.75, 3.05) is 6.61 Å². The highest BCUT2D eigenvalue weighted by Gasteiger charge is 2.36. The van der Waals surface area contributed by atoms with Crippen LogP contribution >= 0.6 is 0 Å². The molecule has 1 aromatic rings. The molecular formula is C15H20NO+. The van der Waals surface area contributed by atoms with E-state index < -0.39 is 0 Å². The Morgan fingerprint density at radius 2 is 2.29 bits per heavy atom. The minimum Gasteiger partial charge on any atom is -0.372 e. The fraction of sp³-hybridized carbons (Fsp3) is 0.533. The Bertz CT molecular complexity index is 452. The Hall–Kier alpha value is -1.15. The van der Waals surface area contributed by atoms with Crippen molar-refractivity contribution in [3.05, 3.63) is 41.7 Å². The van der Waals surface area contributed by atoms with Crippen molar-refractivity contribution < 1.29 is 9.30 Å². The number of fused-ring (bicyclic) bond motifs is 2. The first kappa shape index (κ1) is 11.0. The number of hydrogen-bond acceptors (Lipinski definition) is 1. The first-order valence-corrected chi connectivity index (χ1v) is 6.47. The van der Waals surface area contributed by atoms with Gasteiger partial charge in [0.15, 0.2) is 12.4 Å². The van der Waals surface area contributed by atoms with Crippen LogP contribution in [0.25, 0.3) is 0 Å². The zero-order valence-electron chi connectivity index (χ0n) is 10.6. The number of aryl methyl sites for hydroxylation is 1. The van der Waals surface area contributed by atoms with Crippen LogP contribution in [0.15, 0.2) is 36.2 Å². The summed E-state index contributed by atoms with van der Waals surface area (Å²) in [5.41, 5.74) is 2.82. The van der Waals surface area contributed by atoms with Gasteiger partial charge in [0.2, 0.25) is 0 Å². The molecule has 0 saturated carbocycles. The maximum absolute atomic E-state index is 6.10. The second-order valence-electron chi connectivity index (χ2n) is 5.45. The van der Waals surface area contributed by atoms with E-state index in [1.165, 1.54) is 24.0 Å². The molecule has 1 fully saturated rings. The molecule has 0 radical (unpaired) electrons. The van der Waals surface area contributed by atoms with Gasteiger partial charge in [-0.25, -0.2) is 4.57 Å². The van der Waals surface area contributed by atoms with Crippen LogP contribution in [0.4, 0.5) is 0 Å². The van der Waals surface area contributed by atoms with Crippen molar-refractivity contribution in [3.63, 3.8) is 0 Å². The van der Waals surface area contributed by atoms with Crippen molar-refractivity contribution in [2.24, 2.45) is 18.9 Å². The second-order valence-corrected chi connectivity index (χ2v) is 5.45. The molecule has 1 aromatic heterocycles. The first-order chi connectivity index (χ1) is 8.24. The van der Waals surface area contributed by atoms with E-state index >= 15 is 0 Å². The largest absolute Gasteiger partial charge is 0.372 e. The molecule has 1 saturated heterocycles. The lowest BCUT2D eigenvalue weighted by Crippen LogP contribution is -2.34. The second kappa shape index (κ2) is 4.26. The van der Waals surface area contributed by atoms with Crippen molar-refractivity contribution in [1.29, 1.82) is 0 Å². The summed E-state index contributed by atoms with van der Waals surface area (Å²) >= 11 is 0. The number of rotatable bonds is 1. The molecule has 0 spiro atoms. The Morgan fingerprint density at radius 1 is 1.41 bits per heavy atom. The van der Waals surface area contributed by atoms with Crippen LogP contribution in [0.3, 0.4) is 0 Å². The Kier molecular flexibility index (Phi) is 2.75. The van der Waals surface area contributed by atoms with Gasteiger partial charge in [-0.3, -0.25) is 0 Å². The van der Waals surface area contributed by atoms with Crippen molar-refractivity contribution >= 4 is 0 Å². The van der Waals surface area contributed by atoms with E-state index in [1.807, 2.05) is 0 Å². The maximum atomic E-state index is 6.10. The molecule has 1 aliphatic heterocycles. The summed E-state index contributed by atoms with van der Waals surface area (Å²) in [6.45, 7) is 3.18. The summed E-state index contributed by atoms with van der Waals surface area (Å²) in [6.07, 6.45) is 9.43. The summed E-state index contributed by atoms with van der Waals surface area (Å²) in [6, 6.07) is 4.29. The molecule has 17 heavy (non-hydrogen) atoms. The number of aromatic nitrogens is 1. The fourth-order valence-corrected chi connectivity index (χ4v) is 3.11. The van der Waals surface area contributed by atoms with Gasteiger partial charge in [-0.1, -0.05) is 11.6 Å². The van der Waals surface area contributed by atoms with Gasteiger partial charge >= 0.3 is 0 Å². The van der Waals surface area contributed by atoms with Gasteiger partial charge in [0, 0.05) is 17.5 Å². The monoisotopic (exact) mass is 230 g/mol. The van der Waals surface area contributed by atoms with E-state index in [4.69, 9.17) is 4.74 Å². The van der Waals surface area contributed by atoms with Crippen LogP contribution in [0, 0.1) is 11.8 Å². The number of allylic oxidation sites excluding steroid dienone is 1. The summed E-state index contributed by atoms with van der Waals surface area (Å²) in [7, 11) is 2.07. The third-order valence-electron chi connectivity index (χ3n) is 4.11. The highest BCUT2D eigenvalue weighted by Crippen LogP contribution is 2.43. The lowest BCUT2D eigenvalue weighted by molar-refractivity contribution is -0.672. The van der Waals surface area contributed by atoms with E-state index in [2.05, 4.69) is 49.1 Å². The zero-order chi connectivity index (χ0) is 11.8. The van der Waals surface area contributed by atoms with Crippen LogP contribution in [-0.4, -0.2) is 6.61 Å². The number of ether oxygens (including phenoxy) is 1. The van der Waals surface area contributed by atoms with Gasteiger partial charge in [0.05, 0.1) is 12.7 Å². The van der Waals surface area contributed by atoms with Gasteiger partial charge in [-0.05, 0) is 31.7 Å². The van der Waals surface area contributed by atoms with E-state index in [0.29, 0.717) is 5.92 Å². The van der Waals surface area contributed by atoms with Crippen LogP contribution < -0.4 is 4.57 Å². The van der Waals surface area contributed by atoms with Gasteiger partial charge in [-0.15, -0.1) is 0 Å². The normalized spacial score (nSPS) is 32.1. The highest BCUT2D eigenvalue weighted by atomic mass is 16.5. The molecule has 90 valence electrons. The number of pyridine rings is 1. The third-order valence-corrected chi connectivity index (χ3v) is 4.11. The molecule has 1 aliphatic carbocycles. The molecule has 2 nitrogen and oxygen atoms in total. The third kappa shape index (κ3) is 2.02. The predicted octanol–water partition coefficient (Wildman–Crippen LogP) is 2.55. The van der Waals surface area contributed by atoms with E-state index in [-0.39, 0.29) is 6.10 Å². The summed E-state index contributed by atoms with van der Waals surface area (Å²) in [5.74, 6) is 1.34. The summed E-state index contributed by atoms with van der Waals surface area (Å²) < 4.78 is 8.21. The van der Waals surface area contributed by atoms with Gasteiger partial charge in [-0.2, -0.15) is 0 Å². The van der Waals surface area contributed by atoms with Crippen LogP contribution in [0.2, 0.25) is 0 Å². The van der Waals surface area contributed by atoms with E-state index in [0.717, 1.165) is 12.5 Å². The smallest absolute Gasteiger partial charge is 0.174 e. The zero-order valence-corrected chi connectivity index (χ0v) is 10.6. The van der Waals surface area contributed by atoms with Crippen molar-refractivity contribution in [2.45, 2.75) is 25.9 Å². The average molecular weight is 230 g/mol. The maximum Gasteiger partial charge on any atom is 0.174 e.